The van der Waals surface area contributed by atoms with Gasteiger partial charge in [-0.25, -0.2) is 4.98 Å². The maximum atomic E-state index is 12.2. The number of carbonyl (C=O) groups is 2. The predicted octanol–water partition coefficient (Wildman–Crippen LogP) is 0.826. The SMILES string of the molecule is CCCN(C)c1nc(N)c(C(=O)NC(C)C(=O)NCC)s1. The van der Waals surface area contributed by atoms with Crippen LogP contribution in [0.2, 0.25) is 0 Å². The smallest absolute Gasteiger partial charge is 0.265 e. The Balaban J connectivity index is 2.76. The molecule has 1 rings (SSSR count). The van der Waals surface area contributed by atoms with Gasteiger partial charge < -0.3 is 21.3 Å². The summed E-state index contributed by atoms with van der Waals surface area (Å²) in [4.78, 5) is 30.3. The normalized spacial score (nSPS) is 11.8. The fraction of sp³-hybridized carbons (Fsp3) is 0.615. The largest absolute Gasteiger partial charge is 0.382 e. The molecule has 4 N–H and O–H groups in total. The standard InChI is InChI=1S/C13H23N5O2S/c1-5-7-18(4)13-17-10(14)9(21-13)12(20)16-8(3)11(19)15-6-2/h8H,5-7,14H2,1-4H3,(H,15,19)(H,16,20). The molecule has 0 aliphatic rings. The number of carbonyl (C=O) groups excluding carboxylic acids is 2. The van der Waals surface area contributed by atoms with Crippen molar-refractivity contribution in [3.63, 3.8) is 0 Å². The van der Waals surface area contributed by atoms with Gasteiger partial charge in [0.2, 0.25) is 5.91 Å². The van der Waals surface area contributed by atoms with Gasteiger partial charge in [-0.05, 0) is 20.3 Å². The fourth-order valence-corrected chi connectivity index (χ4v) is 2.61. The number of nitrogens with one attached hydrogen (secondary N) is 2. The predicted molar refractivity (Wildman–Crippen MR) is 85.7 cm³/mol. The van der Waals surface area contributed by atoms with Crippen LogP contribution >= 0.6 is 11.3 Å². The number of rotatable bonds is 7. The quantitative estimate of drug-likeness (QED) is 0.692. The summed E-state index contributed by atoms with van der Waals surface area (Å²) in [7, 11) is 1.90. The number of nitrogens with two attached hydrogens (primary N) is 1. The Kier molecular flexibility index (Phi) is 6.41. The molecule has 1 heterocycles. The van der Waals surface area contributed by atoms with Gasteiger partial charge in [0.1, 0.15) is 16.7 Å². The number of nitrogen functional groups attached to an aromatic ring is 1. The second kappa shape index (κ2) is 7.82. The molecule has 0 aliphatic carbocycles. The van der Waals surface area contributed by atoms with Crippen molar-refractivity contribution >= 4 is 34.1 Å². The van der Waals surface area contributed by atoms with Crippen molar-refractivity contribution in [2.45, 2.75) is 33.2 Å². The molecule has 8 heteroatoms. The lowest BCUT2D eigenvalue weighted by molar-refractivity contribution is -0.122. The van der Waals surface area contributed by atoms with E-state index in [-0.39, 0.29) is 17.6 Å². The summed E-state index contributed by atoms with van der Waals surface area (Å²) in [6, 6.07) is -0.615. The third-order valence-electron chi connectivity index (χ3n) is 2.83. The van der Waals surface area contributed by atoms with Crippen molar-refractivity contribution in [2.24, 2.45) is 0 Å². The molecule has 1 unspecified atom stereocenters. The van der Waals surface area contributed by atoms with Crippen LogP contribution in [0, 0.1) is 0 Å². The first kappa shape index (κ1) is 17.2. The number of hydrogen-bond donors (Lipinski definition) is 3. The molecule has 0 aliphatic heterocycles. The van der Waals surface area contributed by atoms with Crippen molar-refractivity contribution in [2.75, 3.05) is 30.8 Å². The van der Waals surface area contributed by atoms with E-state index in [1.807, 2.05) is 18.9 Å². The number of likely N-dealkylation sites (N-methyl/N-ethyl adjacent to an activating group) is 1. The topological polar surface area (TPSA) is 100 Å². The summed E-state index contributed by atoms with van der Waals surface area (Å²) < 4.78 is 0. The van der Waals surface area contributed by atoms with E-state index in [1.165, 1.54) is 11.3 Å². The van der Waals surface area contributed by atoms with Crippen molar-refractivity contribution < 1.29 is 9.59 Å². The monoisotopic (exact) mass is 313 g/mol. The maximum Gasteiger partial charge on any atom is 0.265 e. The lowest BCUT2D eigenvalue weighted by Crippen LogP contribution is -2.44. The number of nitrogens with zero attached hydrogens (tertiary/aromatic N) is 2. The van der Waals surface area contributed by atoms with Crippen molar-refractivity contribution in [3.8, 4) is 0 Å². The van der Waals surface area contributed by atoms with Gasteiger partial charge in [0.15, 0.2) is 5.13 Å². The van der Waals surface area contributed by atoms with Gasteiger partial charge in [0.25, 0.3) is 5.91 Å². The van der Waals surface area contributed by atoms with Gasteiger partial charge in [0, 0.05) is 20.1 Å². The Morgan fingerprint density at radius 2 is 2.10 bits per heavy atom. The van der Waals surface area contributed by atoms with Crippen LogP contribution in [-0.4, -0.2) is 43.0 Å². The molecule has 2 amide bonds. The van der Waals surface area contributed by atoms with Crippen LogP contribution in [0.15, 0.2) is 0 Å². The Morgan fingerprint density at radius 3 is 2.67 bits per heavy atom. The van der Waals surface area contributed by atoms with E-state index in [9.17, 15) is 9.59 Å². The van der Waals surface area contributed by atoms with Gasteiger partial charge >= 0.3 is 0 Å². The number of anilines is 2. The van der Waals surface area contributed by atoms with Crippen LogP contribution in [0.3, 0.4) is 0 Å². The molecule has 7 nitrogen and oxygen atoms in total. The molecule has 118 valence electrons. The van der Waals surface area contributed by atoms with E-state index in [0.29, 0.717) is 16.6 Å². The van der Waals surface area contributed by atoms with Crippen molar-refractivity contribution in [1.29, 1.82) is 0 Å². The summed E-state index contributed by atoms with van der Waals surface area (Å²) in [5.74, 6) is -0.407. The zero-order valence-corrected chi connectivity index (χ0v) is 13.7. The highest BCUT2D eigenvalue weighted by Crippen LogP contribution is 2.27. The minimum Gasteiger partial charge on any atom is -0.382 e. The highest BCUT2D eigenvalue weighted by molar-refractivity contribution is 7.18. The van der Waals surface area contributed by atoms with E-state index in [4.69, 9.17) is 5.73 Å². The van der Waals surface area contributed by atoms with Crippen LogP contribution in [0.25, 0.3) is 0 Å². The van der Waals surface area contributed by atoms with Crippen molar-refractivity contribution in [1.82, 2.24) is 15.6 Å². The first-order valence-electron chi connectivity index (χ1n) is 6.96. The third kappa shape index (κ3) is 4.59. The summed E-state index contributed by atoms with van der Waals surface area (Å²) in [5.41, 5.74) is 5.80. The van der Waals surface area contributed by atoms with Gasteiger partial charge in [-0.3, -0.25) is 9.59 Å². The fourth-order valence-electron chi connectivity index (χ4n) is 1.73. The highest BCUT2D eigenvalue weighted by atomic mass is 32.1. The molecule has 1 aromatic rings. The number of amides is 2. The van der Waals surface area contributed by atoms with Crippen LogP contribution in [0.5, 0.6) is 0 Å². The zero-order valence-electron chi connectivity index (χ0n) is 12.9. The molecular formula is C13H23N5O2S. The maximum absolute atomic E-state index is 12.2. The minimum absolute atomic E-state index is 0.193. The average molecular weight is 313 g/mol. The first-order valence-corrected chi connectivity index (χ1v) is 7.78. The molecule has 1 aromatic heterocycles. The zero-order chi connectivity index (χ0) is 16.0. The molecule has 0 bridgehead atoms. The summed E-state index contributed by atoms with van der Waals surface area (Å²) >= 11 is 1.23. The highest BCUT2D eigenvalue weighted by Gasteiger charge is 2.21. The molecule has 1 atom stereocenters. The van der Waals surface area contributed by atoms with Gasteiger partial charge in [-0.1, -0.05) is 18.3 Å². The van der Waals surface area contributed by atoms with Gasteiger partial charge in [-0.15, -0.1) is 0 Å². The Morgan fingerprint density at radius 1 is 1.43 bits per heavy atom. The molecule has 0 saturated heterocycles. The molecule has 21 heavy (non-hydrogen) atoms. The van der Waals surface area contributed by atoms with Crippen molar-refractivity contribution in [3.05, 3.63) is 4.88 Å². The molecule has 0 saturated carbocycles. The minimum atomic E-state index is -0.615. The lowest BCUT2D eigenvalue weighted by Gasteiger charge is -2.13. The number of hydrogen-bond acceptors (Lipinski definition) is 6. The van der Waals surface area contributed by atoms with Crippen LogP contribution in [-0.2, 0) is 4.79 Å². The Bertz CT molecular complexity index is 503. The summed E-state index contributed by atoms with van der Waals surface area (Å²) in [5, 5.41) is 5.98. The third-order valence-corrected chi connectivity index (χ3v) is 4.01. The molecule has 0 fully saturated rings. The van der Waals surface area contributed by atoms with Gasteiger partial charge in [-0.2, -0.15) is 0 Å². The van der Waals surface area contributed by atoms with Gasteiger partial charge in [0.05, 0.1) is 0 Å². The van der Waals surface area contributed by atoms with Crippen LogP contribution in [0.4, 0.5) is 10.9 Å². The summed E-state index contributed by atoms with van der Waals surface area (Å²) in [6.07, 6.45) is 0.978. The molecule has 0 radical (unpaired) electrons. The molecule has 0 aromatic carbocycles. The average Bonchev–Trinajstić information content (AvgIpc) is 2.81. The summed E-state index contributed by atoms with van der Waals surface area (Å²) in [6.45, 7) is 6.87. The molecule has 0 spiro atoms. The lowest BCUT2D eigenvalue weighted by atomic mass is 10.3. The van der Waals surface area contributed by atoms with E-state index < -0.39 is 6.04 Å². The van der Waals surface area contributed by atoms with E-state index in [2.05, 4.69) is 22.5 Å². The first-order chi connectivity index (χ1) is 9.90. The second-order valence-corrected chi connectivity index (χ2v) is 5.70. The van der Waals surface area contributed by atoms with E-state index >= 15 is 0 Å². The molecular weight excluding hydrogens is 290 g/mol. The van der Waals surface area contributed by atoms with E-state index in [1.54, 1.807) is 6.92 Å². The second-order valence-electron chi connectivity index (χ2n) is 4.72. The van der Waals surface area contributed by atoms with Crippen LogP contribution < -0.4 is 21.3 Å². The Labute approximate surface area is 128 Å². The Hall–Kier alpha value is -1.83. The number of aromatic nitrogens is 1. The number of thiazole rings is 1. The van der Waals surface area contributed by atoms with Crippen LogP contribution in [0.1, 0.15) is 36.9 Å². The van der Waals surface area contributed by atoms with E-state index in [0.717, 1.165) is 13.0 Å².